The fourth-order valence-corrected chi connectivity index (χ4v) is 1.43. The van der Waals surface area contributed by atoms with Crippen LogP contribution in [0.5, 0.6) is 0 Å². The molecule has 0 saturated heterocycles. The molecule has 0 aliphatic heterocycles. The van der Waals surface area contributed by atoms with Gasteiger partial charge in [-0.15, -0.1) is 0 Å². The van der Waals surface area contributed by atoms with Gasteiger partial charge in [-0.25, -0.2) is 9.78 Å². The van der Waals surface area contributed by atoms with Gasteiger partial charge in [0.15, 0.2) is 5.69 Å². The summed E-state index contributed by atoms with van der Waals surface area (Å²) in [6, 6.07) is 3.58. The van der Waals surface area contributed by atoms with E-state index in [1.807, 2.05) is 20.8 Å². The highest BCUT2D eigenvalue weighted by Gasteiger charge is 2.14. The van der Waals surface area contributed by atoms with E-state index in [0.29, 0.717) is 22.6 Å². The van der Waals surface area contributed by atoms with Crippen LogP contribution in [-0.2, 0) is 4.74 Å². The maximum absolute atomic E-state index is 11.5. The second-order valence-corrected chi connectivity index (χ2v) is 3.59. The van der Waals surface area contributed by atoms with E-state index in [2.05, 4.69) is 26.2 Å². The van der Waals surface area contributed by atoms with Gasteiger partial charge in [0.1, 0.15) is 4.60 Å². The van der Waals surface area contributed by atoms with Crippen LogP contribution in [0.15, 0.2) is 16.7 Å². The number of aromatic nitrogens is 1. The molecule has 0 bridgehead atoms. The lowest BCUT2D eigenvalue weighted by Crippen LogP contribution is -2.11. The molecule has 0 aliphatic rings. The van der Waals surface area contributed by atoms with E-state index in [1.54, 1.807) is 19.1 Å². The molecule has 0 unspecified atom stereocenters. The van der Waals surface area contributed by atoms with Crippen LogP contribution in [0, 0.1) is 0 Å². The smallest absolute Gasteiger partial charge is 0.359 e. The molecule has 0 aromatic carbocycles. The lowest BCUT2D eigenvalue weighted by Gasteiger charge is -2.08. The first-order chi connectivity index (χ1) is 8.19. The molecule has 0 amide bonds. The van der Waals surface area contributed by atoms with Gasteiger partial charge >= 0.3 is 5.97 Å². The predicted octanol–water partition coefficient (Wildman–Crippen LogP) is 3.48. The maximum Gasteiger partial charge on any atom is 0.359 e. The van der Waals surface area contributed by atoms with Crippen molar-refractivity contribution in [1.82, 2.24) is 4.98 Å². The van der Waals surface area contributed by atoms with Crippen LogP contribution in [0.25, 0.3) is 0 Å². The van der Waals surface area contributed by atoms with Gasteiger partial charge in [-0.1, -0.05) is 13.8 Å². The number of halogens is 1. The van der Waals surface area contributed by atoms with Crippen molar-refractivity contribution in [1.29, 1.82) is 0 Å². The highest BCUT2D eigenvalue weighted by Crippen LogP contribution is 2.17. The highest BCUT2D eigenvalue weighted by molar-refractivity contribution is 9.10. The minimum absolute atomic E-state index is 0.313. The summed E-state index contributed by atoms with van der Waals surface area (Å²) in [4.78, 5) is 15.6. The normalized spacial score (nSPS) is 9.00. The van der Waals surface area contributed by atoms with Crippen LogP contribution in [-0.4, -0.2) is 24.1 Å². The van der Waals surface area contributed by atoms with Crippen LogP contribution in [0.3, 0.4) is 0 Å². The number of carbonyl (C=O) groups excluding carboxylic acids is 1. The number of pyridine rings is 1. The van der Waals surface area contributed by atoms with Gasteiger partial charge in [0, 0.05) is 6.54 Å². The van der Waals surface area contributed by atoms with Gasteiger partial charge in [0.05, 0.1) is 12.3 Å². The molecule has 1 heterocycles. The molecule has 5 heteroatoms. The standard InChI is InChI=1S/C10H13BrN2O2.C2H6/c1-3-12-7-5-6-8(11)13-9(7)10(14)15-4-2;1-2/h5-6,12H,3-4H2,1-2H3;1-2H3. The van der Waals surface area contributed by atoms with Crippen molar-refractivity contribution in [2.24, 2.45) is 0 Å². The third-order valence-electron chi connectivity index (χ3n) is 1.70. The summed E-state index contributed by atoms with van der Waals surface area (Å²) in [5.41, 5.74) is 1.01. The zero-order valence-corrected chi connectivity index (χ0v) is 12.3. The van der Waals surface area contributed by atoms with Crippen LogP contribution < -0.4 is 5.32 Å². The van der Waals surface area contributed by atoms with Crippen molar-refractivity contribution in [3.63, 3.8) is 0 Å². The van der Waals surface area contributed by atoms with Gasteiger partial charge in [-0.2, -0.15) is 0 Å². The number of anilines is 1. The highest BCUT2D eigenvalue weighted by atomic mass is 79.9. The molecule has 0 atom stereocenters. The summed E-state index contributed by atoms with van der Waals surface area (Å²) in [5, 5.41) is 3.06. The predicted molar refractivity (Wildman–Crippen MR) is 73.4 cm³/mol. The largest absolute Gasteiger partial charge is 0.461 e. The Morgan fingerprint density at radius 1 is 1.41 bits per heavy atom. The number of nitrogens with one attached hydrogen (secondary N) is 1. The third kappa shape index (κ3) is 5.17. The Kier molecular flexibility index (Phi) is 8.40. The van der Waals surface area contributed by atoms with Crippen molar-refractivity contribution in [3.05, 3.63) is 22.4 Å². The zero-order chi connectivity index (χ0) is 13.3. The van der Waals surface area contributed by atoms with Gasteiger partial charge in [-0.05, 0) is 41.9 Å². The average Bonchev–Trinajstić information content (AvgIpc) is 2.34. The van der Waals surface area contributed by atoms with Gasteiger partial charge < -0.3 is 10.1 Å². The van der Waals surface area contributed by atoms with Crippen molar-refractivity contribution < 1.29 is 9.53 Å². The van der Waals surface area contributed by atoms with Crippen LogP contribution in [0.1, 0.15) is 38.2 Å². The molecule has 1 aromatic heterocycles. The quantitative estimate of drug-likeness (QED) is 0.683. The molecule has 1 aromatic rings. The van der Waals surface area contributed by atoms with Crippen molar-refractivity contribution in [2.75, 3.05) is 18.5 Å². The summed E-state index contributed by atoms with van der Waals surface area (Å²) in [6.07, 6.45) is 0. The van der Waals surface area contributed by atoms with E-state index in [-0.39, 0.29) is 0 Å². The number of nitrogens with zero attached hydrogens (tertiary/aromatic N) is 1. The van der Waals surface area contributed by atoms with E-state index >= 15 is 0 Å². The van der Waals surface area contributed by atoms with Crippen molar-refractivity contribution in [3.8, 4) is 0 Å². The molecule has 0 aliphatic carbocycles. The van der Waals surface area contributed by atoms with Gasteiger partial charge in [0.2, 0.25) is 0 Å². The molecular formula is C12H19BrN2O2. The molecule has 1 rings (SSSR count). The lowest BCUT2D eigenvalue weighted by atomic mass is 10.3. The molecule has 96 valence electrons. The second-order valence-electron chi connectivity index (χ2n) is 2.78. The monoisotopic (exact) mass is 302 g/mol. The number of carbonyl (C=O) groups is 1. The Morgan fingerprint density at radius 2 is 2.06 bits per heavy atom. The van der Waals surface area contributed by atoms with Crippen LogP contribution in [0.2, 0.25) is 0 Å². The Balaban J connectivity index is 0.00000121. The number of esters is 1. The molecule has 0 fully saturated rings. The van der Waals surface area contributed by atoms with E-state index in [4.69, 9.17) is 4.74 Å². The van der Waals surface area contributed by atoms with E-state index < -0.39 is 5.97 Å². The first kappa shape index (κ1) is 15.9. The molecule has 0 saturated carbocycles. The van der Waals surface area contributed by atoms with Crippen LogP contribution >= 0.6 is 15.9 Å². The fourth-order valence-electron chi connectivity index (χ4n) is 1.12. The summed E-state index contributed by atoms with van der Waals surface area (Å²) in [5.74, 6) is -0.408. The number of ether oxygens (including phenoxy) is 1. The summed E-state index contributed by atoms with van der Waals surface area (Å²) >= 11 is 3.22. The number of rotatable bonds is 4. The minimum Gasteiger partial charge on any atom is -0.461 e. The summed E-state index contributed by atoms with van der Waals surface area (Å²) in [7, 11) is 0. The lowest BCUT2D eigenvalue weighted by molar-refractivity contribution is 0.0520. The maximum atomic E-state index is 11.5. The molecule has 0 radical (unpaired) electrons. The molecule has 4 nitrogen and oxygen atoms in total. The zero-order valence-electron chi connectivity index (χ0n) is 10.7. The van der Waals surface area contributed by atoms with Gasteiger partial charge in [-0.3, -0.25) is 0 Å². The van der Waals surface area contributed by atoms with Crippen molar-refractivity contribution >= 4 is 27.6 Å². The SMILES string of the molecule is CC.CCNc1ccc(Br)nc1C(=O)OCC. The fraction of sp³-hybridized carbons (Fsp3) is 0.500. The molecular weight excluding hydrogens is 284 g/mol. The van der Waals surface area contributed by atoms with E-state index in [1.165, 1.54) is 0 Å². The van der Waals surface area contributed by atoms with Crippen molar-refractivity contribution in [2.45, 2.75) is 27.7 Å². The first-order valence-electron chi connectivity index (χ1n) is 5.76. The number of hydrogen-bond acceptors (Lipinski definition) is 4. The molecule has 17 heavy (non-hydrogen) atoms. The third-order valence-corrected chi connectivity index (χ3v) is 2.14. The summed E-state index contributed by atoms with van der Waals surface area (Å²) < 4.78 is 5.53. The average molecular weight is 303 g/mol. The van der Waals surface area contributed by atoms with E-state index in [9.17, 15) is 4.79 Å². The second kappa shape index (κ2) is 8.98. The van der Waals surface area contributed by atoms with Gasteiger partial charge in [0.25, 0.3) is 0 Å². The molecule has 0 spiro atoms. The topological polar surface area (TPSA) is 51.2 Å². The number of hydrogen-bond donors (Lipinski definition) is 1. The first-order valence-corrected chi connectivity index (χ1v) is 6.55. The Morgan fingerprint density at radius 3 is 2.59 bits per heavy atom. The Hall–Kier alpha value is -1.10. The summed E-state index contributed by atoms with van der Waals surface area (Å²) in [6.45, 7) is 8.80. The minimum atomic E-state index is -0.408. The molecule has 1 N–H and O–H groups in total. The Labute approximate surface area is 111 Å². The van der Waals surface area contributed by atoms with Crippen LogP contribution in [0.4, 0.5) is 5.69 Å². The van der Waals surface area contributed by atoms with E-state index in [0.717, 1.165) is 6.54 Å². The Bertz CT molecular complexity index is 356.